The van der Waals surface area contributed by atoms with Crippen molar-refractivity contribution in [2.75, 3.05) is 0 Å². The molecule has 0 heterocycles. The largest absolute Gasteiger partial charge is 0.350 e. The van der Waals surface area contributed by atoms with Crippen molar-refractivity contribution in [3.05, 3.63) is 71.5 Å². The van der Waals surface area contributed by atoms with Crippen LogP contribution in [0.4, 0.5) is 4.39 Å². The molecule has 9 heteroatoms. The third-order valence-electron chi connectivity index (χ3n) is 4.60. The van der Waals surface area contributed by atoms with Gasteiger partial charge >= 0.3 is 0 Å². The summed E-state index contributed by atoms with van der Waals surface area (Å²) < 4.78 is 13.1. The molecule has 2 aromatic carbocycles. The van der Waals surface area contributed by atoms with Crippen LogP contribution in [0.15, 0.2) is 54.6 Å². The average molecular weight is 440 g/mol. The Kier molecular flexibility index (Phi) is 9.22. The lowest BCUT2D eigenvalue weighted by Crippen LogP contribution is -2.50. The second-order valence-electron chi connectivity index (χ2n) is 7.10. The molecule has 2 rings (SSSR count). The molecule has 0 saturated carbocycles. The van der Waals surface area contributed by atoms with Gasteiger partial charge in [0.1, 0.15) is 17.9 Å². The Balaban J connectivity index is 2.14. The number of Topliss-reactive ketones (excluding diaryl/α,β-unsaturated/α-hetero) is 1. The second-order valence-corrected chi connectivity index (χ2v) is 7.10. The maximum absolute atomic E-state index is 13.1. The van der Waals surface area contributed by atoms with E-state index in [0.717, 1.165) is 0 Å². The summed E-state index contributed by atoms with van der Waals surface area (Å²) in [6.07, 6.45) is 0.505. The SMILES string of the molecule is CC(=O)N[C@H](C(=O)N[C@@H](CCC(=O)C=N)C(=O)NCc1ccc(F)cc1)c1ccccc1. The molecule has 8 nitrogen and oxygen atoms in total. The van der Waals surface area contributed by atoms with E-state index in [-0.39, 0.29) is 19.4 Å². The van der Waals surface area contributed by atoms with E-state index in [9.17, 15) is 23.6 Å². The van der Waals surface area contributed by atoms with Crippen molar-refractivity contribution in [3.63, 3.8) is 0 Å². The topological polar surface area (TPSA) is 128 Å². The molecule has 0 spiro atoms. The monoisotopic (exact) mass is 440 g/mol. The molecule has 0 radical (unpaired) electrons. The van der Waals surface area contributed by atoms with Gasteiger partial charge in [0, 0.05) is 19.9 Å². The molecule has 2 aromatic rings. The molecular weight excluding hydrogens is 415 g/mol. The van der Waals surface area contributed by atoms with E-state index in [1.807, 2.05) is 0 Å². The smallest absolute Gasteiger partial charge is 0.247 e. The summed E-state index contributed by atoms with van der Waals surface area (Å²) in [5, 5.41) is 14.8. The van der Waals surface area contributed by atoms with Gasteiger partial charge in [-0.3, -0.25) is 19.2 Å². The molecule has 3 amide bonds. The molecule has 0 fully saturated rings. The summed E-state index contributed by atoms with van der Waals surface area (Å²) in [5.74, 6) is -2.48. The summed E-state index contributed by atoms with van der Waals surface area (Å²) in [6.45, 7) is 1.37. The molecule has 0 unspecified atom stereocenters. The Hall–Kier alpha value is -3.88. The van der Waals surface area contributed by atoms with Crippen molar-refractivity contribution in [2.45, 2.75) is 38.4 Å². The number of ketones is 1. The first-order valence-corrected chi connectivity index (χ1v) is 9.98. The predicted molar refractivity (Wildman–Crippen MR) is 116 cm³/mol. The number of hydrogen-bond acceptors (Lipinski definition) is 5. The first-order valence-electron chi connectivity index (χ1n) is 9.98. The highest BCUT2D eigenvalue weighted by Crippen LogP contribution is 2.14. The molecule has 168 valence electrons. The molecule has 0 aliphatic carbocycles. The van der Waals surface area contributed by atoms with E-state index in [1.165, 1.54) is 31.2 Å². The van der Waals surface area contributed by atoms with Gasteiger partial charge in [-0.15, -0.1) is 0 Å². The van der Waals surface area contributed by atoms with E-state index >= 15 is 0 Å². The molecule has 0 bridgehead atoms. The summed E-state index contributed by atoms with van der Waals surface area (Å²) >= 11 is 0. The minimum absolute atomic E-state index is 0.0310. The zero-order valence-electron chi connectivity index (χ0n) is 17.6. The summed E-state index contributed by atoms with van der Waals surface area (Å²) in [6, 6.07) is 12.0. The standard InChI is InChI=1S/C23H25FN4O4/c1-15(29)27-21(17-5-3-2-4-6-17)23(32)28-20(12-11-19(30)13-25)22(31)26-14-16-7-9-18(24)10-8-16/h2-10,13,20-21,25H,11-12,14H2,1H3,(H,26,31)(H,27,29)(H,28,32)/t20-,21-/m0/s1. The molecule has 0 aliphatic heterocycles. The number of rotatable bonds is 11. The van der Waals surface area contributed by atoms with Gasteiger partial charge in [0.2, 0.25) is 17.7 Å². The van der Waals surface area contributed by atoms with Gasteiger partial charge in [-0.05, 0) is 29.7 Å². The van der Waals surface area contributed by atoms with Crippen LogP contribution in [0.2, 0.25) is 0 Å². The lowest BCUT2D eigenvalue weighted by Gasteiger charge is -2.23. The molecule has 32 heavy (non-hydrogen) atoms. The van der Waals surface area contributed by atoms with Crippen molar-refractivity contribution < 1.29 is 23.6 Å². The average Bonchev–Trinajstić information content (AvgIpc) is 2.79. The van der Waals surface area contributed by atoms with Crippen molar-refractivity contribution in [2.24, 2.45) is 0 Å². The Bertz CT molecular complexity index is 964. The Morgan fingerprint density at radius 1 is 0.969 bits per heavy atom. The van der Waals surface area contributed by atoms with Crippen LogP contribution in [0, 0.1) is 11.2 Å². The molecule has 4 N–H and O–H groups in total. The Morgan fingerprint density at radius 3 is 2.22 bits per heavy atom. The zero-order valence-corrected chi connectivity index (χ0v) is 17.6. The Labute approximate surface area is 185 Å². The van der Waals surface area contributed by atoms with Gasteiger partial charge in [0.05, 0.1) is 6.21 Å². The van der Waals surface area contributed by atoms with E-state index in [4.69, 9.17) is 5.41 Å². The predicted octanol–water partition coefficient (Wildman–Crippen LogP) is 1.80. The minimum atomic E-state index is -1.08. The van der Waals surface area contributed by atoms with Gasteiger partial charge in [-0.1, -0.05) is 42.5 Å². The van der Waals surface area contributed by atoms with Crippen molar-refractivity contribution in [3.8, 4) is 0 Å². The van der Waals surface area contributed by atoms with Crippen LogP contribution in [0.3, 0.4) is 0 Å². The fraction of sp³-hybridized carbons (Fsp3) is 0.261. The number of halogens is 1. The quantitative estimate of drug-likeness (QED) is 0.397. The number of hydrogen-bond donors (Lipinski definition) is 4. The van der Waals surface area contributed by atoms with Gasteiger partial charge < -0.3 is 21.4 Å². The highest BCUT2D eigenvalue weighted by Gasteiger charge is 2.27. The minimum Gasteiger partial charge on any atom is -0.350 e. The number of nitrogens with one attached hydrogen (secondary N) is 4. The van der Waals surface area contributed by atoms with Crippen LogP contribution in [-0.4, -0.2) is 35.8 Å². The fourth-order valence-corrected chi connectivity index (χ4v) is 2.95. The van der Waals surface area contributed by atoms with Gasteiger partial charge in [0.25, 0.3) is 0 Å². The normalized spacial score (nSPS) is 12.2. The first kappa shape index (κ1) is 24.4. The van der Waals surface area contributed by atoms with E-state index in [2.05, 4.69) is 16.0 Å². The molecule has 0 aromatic heterocycles. The molecule has 0 saturated heterocycles. The van der Waals surface area contributed by atoms with Crippen molar-refractivity contribution >= 4 is 29.7 Å². The van der Waals surface area contributed by atoms with Crippen molar-refractivity contribution in [1.82, 2.24) is 16.0 Å². The maximum Gasteiger partial charge on any atom is 0.247 e. The lowest BCUT2D eigenvalue weighted by molar-refractivity contribution is -0.132. The number of carbonyl (C=O) groups is 4. The third kappa shape index (κ3) is 7.75. The highest BCUT2D eigenvalue weighted by atomic mass is 19.1. The Morgan fingerprint density at radius 2 is 1.62 bits per heavy atom. The van der Waals surface area contributed by atoms with Crippen LogP contribution in [-0.2, 0) is 25.7 Å². The lowest BCUT2D eigenvalue weighted by atomic mass is 10.0. The third-order valence-corrected chi connectivity index (χ3v) is 4.60. The summed E-state index contributed by atoms with van der Waals surface area (Å²) in [4.78, 5) is 48.9. The van der Waals surface area contributed by atoms with Crippen LogP contribution in [0.1, 0.15) is 36.9 Å². The fourth-order valence-electron chi connectivity index (χ4n) is 2.95. The number of carbonyl (C=O) groups excluding carboxylic acids is 4. The van der Waals surface area contributed by atoms with E-state index in [1.54, 1.807) is 30.3 Å². The van der Waals surface area contributed by atoms with E-state index < -0.39 is 41.4 Å². The molecule has 2 atom stereocenters. The van der Waals surface area contributed by atoms with Crippen LogP contribution in [0.5, 0.6) is 0 Å². The molecular formula is C23H25FN4O4. The summed E-state index contributed by atoms with van der Waals surface area (Å²) in [5.41, 5.74) is 1.18. The highest BCUT2D eigenvalue weighted by molar-refractivity contribution is 6.26. The van der Waals surface area contributed by atoms with E-state index in [0.29, 0.717) is 17.3 Å². The summed E-state index contributed by atoms with van der Waals surface area (Å²) in [7, 11) is 0. The number of amides is 3. The van der Waals surface area contributed by atoms with Crippen LogP contribution in [0.25, 0.3) is 0 Å². The first-order chi connectivity index (χ1) is 15.3. The van der Waals surface area contributed by atoms with Gasteiger partial charge in [0.15, 0.2) is 5.78 Å². The zero-order chi connectivity index (χ0) is 23.5. The van der Waals surface area contributed by atoms with Gasteiger partial charge in [-0.25, -0.2) is 4.39 Å². The number of benzene rings is 2. The second kappa shape index (κ2) is 12.1. The molecule has 0 aliphatic rings. The van der Waals surface area contributed by atoms with Gasteiger partial charge in [-0.2, -0.15) is 0 Å². The van der Waals surface area contributed by atoms with Crippen LogP contribution >= 0.6 is 0 Å². The van der Waals surface area contributed by atoms with Crippen molar-refractivity contribution in [1.29, 1.82) is 5.41 Å². The maximum atomic E-state index is 13.1. The van der Waals surface area contributed by atoms with Crippen LogP contribution < -0.4 is 16.0 Å².